The zero-order valence-electron chi connectivity index (χ0n) is 17.5. The third kappa shape index (κ3) is 5.37. The first kappa shape index (κ1) is 21.4. The van der Waals surface area contributed by atoms with Crippen molar-refractivity contribution in [2.24, 2.45) is 11.8 Å². The first-order valence-electron chi connectivity index (χ1n) is 10.0. The fourth-order valence-electron chi connectivity index (χ4n) is 3.38. The maximum atomic E-state index is 12.7. The van der Waals surface area contributed by atoms with Gasteiger partial charge in [-0.1, -0.05) is 19.9 Å². The summed E-state index contributed by atoms with van der Waals surface area (Å²) in [6.07, 6.45) is 0.615. The smallest absolute Gasteiger partial charge is 0.229 e. The van der Waals surface area contributed by atoms with E-state index in [2.05, 4.69) is 10.6 Å². The van der Waals surface area contributed by atoms with Crippen LogP contribution in [0.3, 0.4) is 0 Å². The van der Waals surface area contributed by atoms with Crippen molar-refractivity contribution in [2.45, 2.75) is 26.7 Å². The maximum absolute atomic E-state index is 12.7. The molecule has 1 aliphatic rings. The Bertz CT molecular complexity index is 924. The second kappa shape index (κ2) is 9.43. The van der Waals surface area contributed by atoms with E-state index in [1.807, 2.05) is 32.0 Å². The molecule has 7 heteroatoms. The molecule has 2 aromatic carbocycles. The van der Waals surface area contributed by atoms with Crippen LogP contribution in [-0.2, 0) is 14.4 Å². The van der Waals surface area contributed by atoms with Gasteiger partial charge in [-0.05, 0) is 42.3 Å². The minimum atomic E-state index is -0.436. The zero-order valence-corrected chi connectivity index (χ0v) is 17.5. The Balaban J connectivity index is 1.58. The van der Waals surface area contributed by atoms with Crippen LogP contribution in [0.1, 0.15) is 26.7 Å². The van der Waals surface area contributed by atoms with Gasteiger partial charge >= 0.3 is 0 Å². The van der Waals surface area contributed by atoms with Gasteiger partial charge in [0.05, 0.1) is 13.0 Å². The molecule has 0 spiro atoms. The summed E-state index contributed by atoms with van der Waals surface area (Å²) in [5.74, 6) is 0.179. The van der Waals surface area contributed by atoms with Crippen LogP contribution < -0.4 is 20.3 Å². The van der Waals surface area contributed by atoms with Crippen molar-refractivity contribution in [3.63, 3.8) is 0 Å². The molecule has 158 valence electrons. The molecule has 1 heterocycles. The van der Waals surface area contributed by atoms with Crippen molar-refractivity contribution >= 4 is 34.8 Å². The van der Waals surface area contributed by atoms with E-state index in [1.165, 1.54) is 0 Å². The van der Waals surface area contributed by atoms with Gasteiger partial charge in [0.2, 0.25) is 17.7 Å². The lowest BCUT2D eigenvalue weighted by Crippen LogP contribution is -2.28. The molecule has 3 amide bonds. The second-order valence-electron chi connectivity index (χ2n) is 7.82. The Kier molecular flexibility index (Phi) is 6.72. The lowest BCUT2D eigenvalue weighted by molar-refractivity contribution is -0.122. The Morgan fingerprint density at radius 1 is 1.10 bits per heavy atom. The second-order valence-corrected chi connectivity index (χ2v) is 7.82. The predicted octanol–water partition coefficient (Wildman–Crippen LogP) is 3.67. The monoisotopic (exact) mass is 409 g/mol. The summed E-state index contributed by atoms with van der Waals surface area (Å²) in [5, 5.41) is 5.69. The average molecular weight is 409 g/mol. The number of anilines is 3. The predicted molar refractivity (Wildman–Crippen MR) is 117 cm³/mol. The maximum Gasteiger partial charge on any atom is 0.229 e. The fourth-order valence-corrected chi connectivity index (χ4v) is 3.38. The number of ether oxygens (including phenoxy) is 1. The van der Waals surface area contributed by atoms with E-state index >= 15 is 0 Å². The van der Waals surface area contributed by atoms with E-state index in [1.54, 1.807) is 42.3 Å². The van der Waals surface area contributed by atoms with Crippen LogP contribution in [0.2, 0.25) is 0 Å². The summed E-state index contributed by atoms with van der Waals surface area (Å²) in [6.45, 7) is 4.30. The van der Waals surface area contributed by atoms with E-state index in [9.17, 15) is 14.4 Å². The van der Waals surface area contributed by atoms with Crippen LogP contribution in [-0.4, -0.2) is 31.4 Å². The van der Waals surface area contributed by atoms with E-state index < -0.39 is 5.92 Å². The van der Waals surface area contributed by atoms with Gasteiger partial charge in [-0.25, -0.2) is 0 Å². The van der Waals surface area contributed by atoms with Crippen LogP contribution in [0.15, 0.2) is 48.5 Å². The van der Waals surface area contributed by atoms with Crippen LogP contribution in [0, 0.1) is 11.8 Å². The number of carbonyl (C=O) groups excluding carboxylic acids is 3. The standard InChI is InChI=1S/C23H27N3O4/c1-15(2)11-21(27)24-17-7-9-18(10-8-17)25-23(29)16-12-22(28)26(14-16)19-5-4-6-20(13-19)30-3/h4-10,13,15-16H,11-12,14H2,1-3H3,(H,24,27)(H,25,29)/t16-/m1/s1. The van der Waals surface area contributed by atoms with Crippen molar-refractivity contribution in [1.29, 1.82) is 0 Å². The van der Waals surface area contributed by atoms with Crippen molar-refractivity contribution in [2.75, 3.05) is 29.2 Å². The van der Waals surface area contributed by atoms with Gasteiger partial charge in [0, 0.05) is 42.5 Å². The molecular weight excluding hydrogens is 382 g/mol. The highest BCUT2D eigenvalue weighted by molar-refractivity contribution is 6.03. The molecule has 0 unspecified atom stereocenters. The number of carbonyl (C=O) groups is 3. The largest absolute Gasteiger partial charge is 0.497 e. The van der Waals surface area contributed by atoms with Crippen molar-refractivity contribution in [3.05, 3.63) is 48.5 Å². The van der Waals surface area contributed by atoms with Crippen LogP contribution in [0.4, 0.5) is 17.1 Å². The highest BCUT2D eigenvalue weighted by Crippen LogP contribution is 2.28. The van der Waals surface area contributed by atoms with Gasteiger partial charge in [-0.15, -0.1) is 0 Å². The lowest BCUT2D eigenvalue weighted by atomic mass is 10.1. The lowest BCUT2D eigenvalue weighted by Gasteiger charge is -2.17. The molecule has 1 aliphatic heterocycles. The topological polar surface area (TPSA) is 87.7 Å². The van der Waals surface area contributed by atoms with E-state index in [0.29, 0.717) is 30.1 Å². The van der Waals surface area contributed by atoms with E-state index in [-0.39, 0.29) is 30.1 Å². The van der Waals surface area contributed by atoms with Crippen LogP contribution in [0.5, 0.6) is 5.75 Å². The number of nitrogens with zero attached hydrogens (tertiary/aromatic N) is 1. The Labute approximate surface area is 176 Å². The van der Waals surface area contributed by atoms with Gasteiger partial charge in [0.25, 0.3) is 0 Å². The molecule has 30 heavy (non-hydrogen) atoms. The van der Waals surface area contributed by atoms with Gasteiger partial charge in [0.15, 0.2) is 0 Å². The molecule has 0 aliphatic carbocycles. The molecule has 1 atom stereocenters. The molecule has 2 N–H and O–H groups in total. The highest BCUT2D eigenvalue weighted by atomic mass is 16.5. The highest BCUT2D eigenvalue weighted by Gasteiger charge is 2.35. The normalized spacial score (nSPS) is 15.9. The Hall–Kier alpha value is -3.35. The molecule has 1 saturated heterocycles. The first-order chi connectivity index (χ1) is 14.4. The minimum absolute atomic E-state index is 0.0381. The number of hydrogen-bond donors (Lipinski definition) is 2. The van der Waals surface area contributed by atoms with Crippen molar-refractivity contribution in [3.8, 4) is 5.75 Å². The van der Waals surface area contributed by atoms with Gasteiger partial charge < -0.3 is 20.3 Å². The molecule has 3 rings (SSSR count). The van der Waals surface area contributed by atoms with E-state index in [4.69, 9.17) is 4.74 Å². The summed E-state index contributed by atoms with van der Waals surface area (Å²) in [6, 6.07) is 14.2. The van der Waals surface area contributed by atoms with E-state index in [0.717, 1.165) is 5.69 Å². The SMILES string of the molecule is COc1cccc(N2C[C@H](C(=O)Nc3ccc(NC(=O)CC(C)C)cc3)CC2=O)c1. The quantitative estimate of drug-likeness (QED) is 0.730. The molecule has 7 nitrogen and oxygen atoms in total. The summed E-state index contributed by atoms with van der Waals surface area (Å²) in [4.78, 5) is 38.6. The molecular formula is C23H27N3O4. The summed E-state index contributed by atoms with van der Waals surface area (Å²) >= 11 is 0. The number of amides is 3. The molecule has 0 aromatic heterocycles. The number of rotatable bonds is 7. The average Bonchev–Trinajstić information content (AvgIpc) is 3.11. The molecule has 1 fully saturated rings. The van der Waals surface area contributed by atoms with Gasteiger partial charge in [-0.3, -0.25) is 14.4 Å². The first-order valence-corrected chi connectivity index (χ1v) is 10.0. The summed E-state index contributed by atoms with van der Waals surface area (Å²) in [5.41, 5.74) is 2.02. The zero-order chi connectivity index (χ0) is 21.7. The number of benzene rings is 2. The van der Waals surface area contributed by atoms with Gasteiger partial charge in [-0.2, -0.15) is 0 Å². The van der Waals surface area contributed by atoms with Crippen LogP contribution in [0.25, 0.3) is 0 Å². The molecule has 2 aromatic rings. The fraction of sp³-hybridized carbons (Fsp3) is 0.348. The Morgan fingerprint density at radius 2 is 1.77 bits per heavy atom. The third-order valence-electron chi connectivity index (χ3n) is 4.89. The molecule has 0 bridgehead atoms. The van der Waals surface area contributed by atoms with Gasteiger partial charge in [0.1, 0.15) is 5.75 Å². The molecule has 0 radical (unpaired) electrons. The Morgan fingerprint density at radius 3 is 2.40 bits per heavy atom. The van der Waals surface area contributed by atoms with Crippen molar-refractivity contribution in [1.82, 2.24) is 0 Å². The number of methoxy groups -OCH3 is 1. The minimum Gasteiger partial charge on any atom is -0.497 e. The van der Waals surface area contributed by atoms with Crippen LogP contribution >= 0.6 is 0 Å². The van der Waals surface area contributed by atoms with Crippen molar-refractivity contribution < 1.29 is 19.1 Å². The summed E-state index contributed by atoms with van der Waals surface area (Å²) in [7, 11) is 1.57. The summed E-state index contributed by atoms with van der Waals surface area (Å²) < 4.78 is 5.21. The number of hydrogen-bond acceptors (Lipinski definition) is 4. The molecule has 0 saturated carbocycles. The number of nitrogens with one attached hydrogen (secondary N) is 2. The third-order valence-corrected chi connectivity index (χ3v) is 4.89.